The Morgan fingerprint density at radius 1 is 1.19 bits per heavy atom. The maximum Gasteiger partial charge on any atom is 0.418 e. The Balaban J connectivity index is 2.32. The molecule has 1 aromatic carbocycles. The van der Waals surface area contributed by atoms with E-state index in [2.05, 4.69) is 4.90 Å². The smallest absolute Gasteiger partial charge is 0.369 e. The number of rotatable bonds is 2. The van der Waals surface area contributed by atoms with Crippen molar-refractivity contribution in [2.75, 3.05) is 32.1 Å². The van der Waals surface area contributed by atoms with Gasteiger partial charge in [0.2, 0.25) is 0 Å². The van der Waals surface area contributed by atoms with Gasteiger partial charge in [0.1, 0.15) is 5.82 Å². The van der Waals surface area contributed by atoms with E-state index in [1.165, 1.54) is 4.90 Å². The number of halogens is 5. The number of benzene rings is 1. The first-order valence-electron chi connectivity index (χ1n) is 6.67. The lowest BCUT2D eigenvalue weighted by Gasteiger charge is -2.37. The average Bonchev–Trinajstić information content (AvgIpc) is 2.37. The van der Waals surface area contributed by atoms with E-state index in [1.807, 2.05) is 14.1 Å². The van der Waals surface area contributed by atoms with Crippen LogP contribution in [0.4, 0.5) is 23.2 Å². The first-order chi connectivity index (χ1) is 9.70. The van der Waals surface area contributed by atoms with Gasteiger partial charge in [0.05, 0.1) is 11.3 Å². The molecule has 21 heavy (non-hydrogen) atoms. The summed E-state index contributed by atoms with van der Waals surface area (Å²) in [5, 5.41) is 0. The molecule has 0 unspecified atom stereocenters. The quantitative estimate of drug-likeness (QED) is 0.532. The Hall–Kier alpha value is -0.570. The predicted octanol–water partition coefficient (Wildman–Crippen LogP) is 3.98. The Morgan fingerprint density at radius 2 is 1.76 bits per heavy atom. The first kappa shape index (κ1) is 16.8. The standard InChI is InChI=1S/C14H17F4IN2/c1-20(2)10-3-5-21(6-4-10)13-11(14(16,17)18)7-9(19)8-12(13)15/h7-8,10H,3-6H2,1-2H3. The van der Waals surface area contributed by atoms with Crippen LogP contribution in [0.15, 0.2) is 12.1 Å². The fourth-order valence-electron chi connectivity index (χ4n) is 2.71. The van der Waals surface area contributed by atoms with Crippen LogP contribution in [-0.2, 0) is 6.18 Å². The van der Waals surface area contributed by atoms with Gasteiger partial charge >= 0.3 is 6.18 Å². The van der Waals surface area contributed by atoms with E-state index < -0.39 is 17.6 Å². The minimum Gasteiger partial charge on any atom is -0.369 e. The second-order valence-electron chi connectivity index (χ2n) is 5.46. The molecule has 2 rings (SSSR count). The Bertz CT molecular complexity index is 508. The minimum absolute atomic E-state index is 0.254. The molecule has 0 radical (unpaired) electrons. The van der Waals surface area contributed by atoms with Crippen LogP contribution >= 0.6 is 22.6 Å². The van der Waals surface area contributed by atoms with Gasteiger partial charge in [-0.1, -0.05) is 0 Å². The Kier molecular flexibility index (Phi) is 5.02. The summed E-state index contributed by atoms with van der Waals surface area (Å²) in [6, 6.07) is 2.50. The molecule has 118 valence electrons. The van der Waals surface area contributed by atoms with E-state index in [0.717, 1.165) is 25.0 Å². The molecule has 0 spiro atoms. The number of nitrogens with zero attached hydrogens (tertiary/aromatic N) is 2. The van der Waals surface area contributed by atoms with Crippen LogP contribution in [-0.4, -0.2) is 38.1 Å². The number of hydrogen-bond donors (Lipinski definition) is 0. The van der Waals surface area contributed by atoms with Crippen molar-refractivity contribution >= 4 is 28.3 Å². The topological polar surface area (TPSA) is 6.48 Å². The van der Waals surface area contributed by atoms with E-state index in [1.54, 1.807) is 22.6 Å². The zero-order valence-corrected chi connectivity index (χ0v) is 14.0. The SMILES string of the molecule is CN(C)C1CCN(c2c(F)cc(I)cc2C(F)(F)F)CC1. The Morgan fingerprint density at radius 3 is 2.24 bits per heavy atom. The van der Waals surface area contributed by atoms with Gasteiger partial charge < -0.3 is 9.80 Å². The number of piperidine rings is 1. The second-order valence-corrected chi connectivity index (χ2v) is 6.71. The number of alkyl halides is 3. The summed E-state index contributed by atoms with van der Waals surface area (Å²) >= 11 is 1.71. The van der Waals surface area contributed by atoms with Crippen molar-refractivity contribution in [3.8, 4) is 0 Å². The van der Waals surface area contributed by atoms with E-state index >= 15 is 0 Å². The molecule has 0 aromatic heterocycles. The summed E-state index contributed by atoms with van der Waals surface area (Å²) < 4.78 is 53.9. The van der Waals surface area contributed by atoms with Crippen LogP contribution in [0.3, 0.4) is 0 Å². The normalized spacial score (nSPS) is 17.6. The van der Waals surface area contributed by atoms with Gasteiger partial charge in [0.25, 0.3) is 0 Å². The molecule has 0 amide bonds. The summed E-state index contributed by atoms with van der Waals surface area (Å²) in [5.74, 6) is -0.794. The number of hydrogen-bond acceptors (Lipinski definition) is 2. The van der Waals surface area contributed by atoms with Crippen molar-refractivity contribution in [1.29, 1.82) is 0 Å². The lowest BCUT2D eigenvalue weighted by molar-refractivity contribution is -0.137. The first-order valence-corrected chi connectivity index (χ1v) is 7.75. The molecule has 7 heteroatoms. The third kappa shape index (κ3) is 3.80. The highest BCUT2D eigenvalue weighted by Gasteiger charge is 2.37. The highest BCUT2D eigenvalue weighted by atomic mass is 127. The fourth-order valence-corrected chi connectivity index (χ4v) is 3.29. The predicted molar refractivity (Wildman–Crippen MR) is 83.0 cm³/mol. The molecule has 0 saturated carbocycles. The van der Waals surface area contributed by atoms with Gasteiger partial charge in [-0.15, -0.1) is 0 Å². The van der Waals surface area contributed by atoms with Crippen molar-refractivity contribution in [2.24, 2.45) is 0 Å². The van der Waals surface area contributed by atoms with Crippen LogP contribution in [0.5, 0.6) is 0 Å². The van der Waals surface area contributed by atoms with Crippen molar-refractivity contribution in [3.63, 3.8) is 0 Å². The molecule has 0 aliphatic carbocycles. The molecule has 1 aliphatic heterocycles. The van der Waals surface area contributed by atoms with Gasteiger partial charge in [0.15, 0.2) is 0 Å². The van der Waals surface area contributed by atoms with Crippen LogP contribution in [0.1, 0.15) is 18.4 Å². The third-order valence-corrected chi connectivity index (χ3v) is 4.47. The molecule has 1 heterocycles. The van der Waals surface area contributed by atoms with Crippen molar-refractivity contribution < 1.29 is 17.6 Å². The molecule has 0 bridgehead atoms. The van der Waals surface area contributed by atoms with Crippen LogP contribution in [0, 0.1) is 9.39 Å². The van der Waals surface area contributed by atoms with E-state index in [4.69, 9.17) is 0 Å². The van der Waals surface area contributed by atoms with Gasteiger partial charge in [-0.2, -0.15) is 13.2 Å². The molecular weight excluding hydrogens is 399 g/mol. The fraction of sp³-hybridized carbons (Fsp3) is 0.571. The zero-order chi connectivity index (χ0) is 15.8. The summed E-state index contributed by atoms with van der Waals surface area (Å²) in [4.78, 5) is 3.58. The van der Waals surface area contributed by atoms with Gasteiger partial charge in [-0.05, 0) is 61.7 Å². The third-order valence-electron chi connectivity index (χ3n) is 3.84. The van der Waals surface area contributed by atoms with E-state index in [9.17, 15) is 17.6 Å². The minimum atomic E-state index is -4.55. The maximum atomic E-state index is 14.1. The molecular formula is C14H17F4IN2. The lowest BCUT2D eigenvalue weighted by atomic mass is 10.0. The van der Waals surface area contributed by atoms with Crippen molar-refractivity contribution in [3.05, 3.63) is 27.1 Å². The van der Waals surface area contributed by atoms with Gasteiger partial charge in [-0.25, -0.2) is 4.39 Å². The number of anilines is 1. The zero-order valence-electron chi connectivity index (χ0n) is 11.8. The molecule has 1 fully saturated rings. The molecule has 1 aromatic rings. The molecule has 0 atom stereocenters. The van der Waals surface area contributed by atoms with E-state index in [0.29, 0.717) is 19.1 Å². The summed E-state index contributed by atoms with van der Waals surface area (Å²) in [7, 11) is 3.90. The highest BCUT2D eigenvalue weighted by Crippen LogP contribution is 2.40. The molecule has 1 saturated heterocycles. The Labute approximate surface area is 135 Å². The highest BCUT2D eigenvalue weighted by molar-refractivity contribution is 14.1. The van der Waals surface area contributed by atoms with E-state index in [-0.39, 0.29) is 9.26 Å². The lowest BCUT2D eigenvalue weighted by Crippen LogP contribution is -2.43. The maximum absolute atomic E-state index is 14.1. The molecule has 2 nitrogen and oxygen atoms in total. The second kappa shape index (κ2) is 6.28. The largest absolute Gasteiger partial charge is 0.418 e. The van der Waals surface area contributed by atoms with Crippen LogP contribution in [0.25, 0.3) is 0 Å². The summed E-state index contributed by atoms with van der Waals surface area (Å²) in [6.45, 7) is 0.868. The summed E-state index contributed by atoms with van der Waals surface area (Å²) in [6.07, 6.45) is -3.08. The van der Waals surface area contributed by atoms with Crippen molar-refractivity contribution in [2.45, 2.75) is 25.1 Å². The molecule has 1 aliphatic rings. The average molecular weight is 416 g/mol. The van der Waals surface area contributed by atoms with Crippen LogP contribution in [0.2, 0.25) is 0 Å². The van der Waals surface area contributed by atoms with Gasteiger partial charge in [-0.3, -0.25) is 0 Å². The van der Waals surface area contributed by atoms with Crippen molar-refractivity contribution in [1.82, 2.24) is 4.90 Å². The molecule has 0 N–H and O–H groups in total. The van der Waals surface area contributed by atoms with Gasteiger partial charge in [0, 0.05) is 22.7 Å². The summed E-state index contributed by atoms with van der Waals surface area (Å²) in [5.41, 5.74) is -1.18. The monoisotopic (exact) mass is 416 g/mol. The van der Waals surface area contributed by atoms with Crippen LogP contribution < -0.4 is 4.90 Å².